The zero-order valence-corrected chi connectivity index (χ0v) is 22.2. The number of rotatable bonds is 9. The molecule has 40 heavy (non-hydrogen) atoms. The summed E-state index contributed by atoms with van der Waals surface area (Å²) in [7, 11) is 0. The van der Waals surface area contributed by atoms with Crippen molar-refractivity contribution in [2.24, 2.45) is 10.2 Å². The van der Waals surface area contributed by atoms with E-state index in [1.165, 1.54) is 18.3 Å². The zero-order valence-electron chi connectivity index (χ0n) is 21.4. The largest absolute Gasteiger partial charge is 0.455 e. The van der Waals surface area contributed by atoms with Gasteiger partial charge in [-0.25, -0.2) is 0 Å². The first-order valence-corrected chi connectivity index (χ1v) is 13.6. The van der Waals surface area contributed by atoms with E-state index in [2.05, 4.69) is 21.2 Å². The summed E-state index contributed by atoms with van der Waals surface area (Å²) in [5, 5.41) is 19.4. The Morgan fingerprint density at radius 3 is 2.38 bits per heavy atom. The van der Waals surface area contributed by atoms with Crippen LogP contribution >= 0.6 is 11.8 Å². The van der Waals surface area contributed by atoms with Crippen LogP contribution in [0.15, 0.2) is 97.0 Å². The maximum atomic E-state index is 12.5. The van der Waals surface area contributed by atoms with Crippen molar-refractivity contribution in [2.75, 3.05) is 26.3 Å². The van der Waals surface area contributed by atoms with Crippen molar-refractivity contribution in [2.45, 2.75) is 23.5 Å². The molecule has 0 saturated carbocycles. The van der Waals surface area contributed by atoms with Crippen LogP contribution < -0.4 is 0 Å². The Balaban J connectivity index is 1.31. The SMILES string of the molecule is O=[N+]([O-])c1ccc(C=C2CCC(C=NN=Cc3ccc(-c4ccc(SC(F)F)cc4)o3)=C2N2CCOCC2)cc1. The Morgan fingerprint density at radius 1 is 0.950 bits per heavy atom. The minimum Gasteiger partial charge on any atom is -0.455 e. The Bertz CT molecular complexity index is 1460. The quantitative estimate of drug-likeness (QED) is 0.120. The number of furan rings is 1. The summed E-state index contributed by atoms with van der Waals surface area (Å²) < 4.78 is 36.4. The van der Waals surface area contributed by atoms with Crippen molar-refractivity contribution in [3.63, 3.8) is 0 Å². The van der Waals surface area contributed by atoms with Gasteiger partial charge in [0, 0.05) is 41.4 Å². The molecule has 0 unspecified atom stereocenters. The van der Waals surface area contributed by atoms with Gasteiger partial charge in [-0.3, -0.25) is 10.1 Å². The van der Waals surface area contributed by atoms with Crippen LogP contribution in [-0.2, 0) is 4.74 Å². The molecule has 3 aromatic rings. The minimum absolute atomic E-state index is 0.0637. The Kier molecular flexibility index (Phi) is 8.82. The van der Waals surface area contributed by atoms with Gasteiger partial charge in [0.2, 0.25) is 0 Å². The van der Waals surface area contributed by atoms with Crippen LogP contribution in [0.5, 0.6) is 0 Å². The van der Waals surface area contributed by atoms with Crippen molar-refractivity contribution in [1.82, 2.24) is 4.90 Å². The van der Waals surface area contributed by atoms with Gasteiger partial charge in [0.25, 0.3) is 11.4 Å². The Morgan fingerprint density at radius 2 is 1.68 bits per heavy atom. The average Bonchev–Trinajstić information content (AvgIpc) is 3.59. The van der Waals surface area contributed by atoms with Gasteiger partial charge in [-0.2, -0.15) is 19.0 Å². The van der Waals surface area contributed by atoms with E-state index < -0.39 is 10.7 Å². The molecule has 2 aliphatic rings. The van der Waals surface area contributed by atoms with Crippen molar-refractivity contribution in [3.05, 3.63) is 98.9 Å². The first-order valence-electron chi connectivity index (χ1n) is 12.7. The maximum absolute atomic E-state index is 12.5. The lowest BCUT2D eigenvalue weighted by molar-refractivity contribution is -0.384. The third-order valence-corrected chi connectivity index (χ3v) is 7.22. The zero-order chi connectivity index (χ0) is 27.9. The number of non-ortho nitro benzene ring substituents is 1. The molecule has 206 valence electrons. The molecule has 1 aliphatic carbocycles. The van der Waals surface area contributed by atoms with E-state index >= 15 is 0 Å². The van der Waals surface area contributed by atoms with Crippen LogP contribution in [0.4, 0.5) is 14.5 Å². The van der Waals surface area contributed by atoms with Gasteiger partial charge in [-0.1, -0.05) is 23.9 Å². The van der Waals surface area contributed by atoms with E-state index in [1.54, 1.807) is 54.7 Å². The maximum Gasteiger partial charge on any atom is 0.288 e. The molecule has 1 saturated heterocycles. The predicted octanol–water partition coefficient (Wildman–Crippen LogP) is 7.04. The fraction of sp³-hybridized carbons (Fsp3) is 0.241. The molecule has 1 aliphatic heterocycles. The molecule has 1 aromatic heterocycles. The number of alkyl halides is 2. The molecule has 0 bridgehead atoms. The number of nitrogens with zero attached hydrogens (tertiary/aromatic N) is 4. The van der Waals surface area contributed by atoms with E-state index in [9.17, 15) is 18.9 Å². The molecule has 0 atom stereocenters. The van der Waals surface area contributed by atoms with Gasteiger partial charge >= 0.3 is 0 Å². The van der Waals surface area contributed by atoms with Crippen LogP contribution in [0.2, 0.25) is 0 Å². The summed E-state index contributed by atoms with van der Waals surface area (Å²) >= 11 is 0.503. The number of hydrogen-bond donors (Lipinski definition) is 0. The van der Waals surface area contributed by atoms with Crippen LogP contribution in [0, 0.1) is 10.1 Å². The van der Waals surface area contributed by atoms with Gasteiger partial charge < -0.3 is 14.1 Å². The second-order valence-electron chi connectivity index (χ2n) is 9.09. The summed E-state index contributed by atoms with van der Waals surface area (Å²) in [6.07, 6.45) is 6.99. The third-order valence-electron chi connectivity index (χ3n) is 6.50. The van der Waals surface area contributed by atoms with Gasteiger partial charge in [0.15, 0.2) is 0 Å². The Labute approximate surface area is 233 Å². The summed E-state index contributed by atoms with van der Waals surface area (Å²) in [5.74, 6) is -1.33. The predicted molar refractivity (Wildman–Crippen MR) is 152 cm³/mol. The average molecular weight is 565 g/mol. The van der Waals surface area contributed by atoms with Gasteiger partial charge in [-0.15, -0.1) is 0 Å². The van der Waals surface area contributed by atoms with E-state index in [4.69, 9.17) is 9.15 Å². The molecular formula is C29H26F2N4O4S. The molecule has 0 amide bonds. The van der Waals surface area contributed by atoms with Gasteiger partial charge in [0.1, 0.15) is 11.5 Å². The molecule has 1 fully saturated rings. The van der Waals surface area contributed by atoms with Crippen LogP contribution in [0.3, 0.4) is 0 Å². The van der Waals surface area contributed by atoms with Gasteiger partial charge in [-0.05, 0) is 72.0 Å². The standard InChI is InChI=1S/C29H26F2N4O4S/c30-29(31)40-26-10-5-21(6-11-26)27-12-9-25(39-27)19-33-32-18-23-4-3-22(28(23)34-13-15-38-16-14-34)17-20-1-7-24(8-2-20)35(36)37/h1-2,5-12,17-19,29H,3-4,13-16H2. The third kappa shape index (κ3) is 6.91. The second-order valence-corrected chi connectivity index (χ2v) is 10.1. The molecule has 0 N–H and O–H groups in total. The molecule has 2 heterocycles. The number of thioether (sulfide) groups is 1. The van der Waals surface area contributed by atoms with Crippen LogP contribution in [-0.4, -0.2) is 54.3 Å². The fourth-order valence-electron chi connectivity index (χ4n) is 4.64. The summed E-state index contributed by atoms with van der Waals surface area (Å²) in [6.45, 7) is 2.83. The summed E-state index contributed by atoms with van der Waals surface area (Å²) in [4.78, 5) is 13.4. The van der Waals surface area contributed by atoms with E-state index in [-0.39, 0.29) is 5.69 Å². The first-order chi connectivity index (χ1) is 19.5. The number of nitro groups is 1. The molecule has 5 rings (SSSR count). The number of benzene rings is 2. The lowest BCUT2D eigenvalue weighted by atomic mass is 10.1. The molecule has 11 heteroatoms. The van der Waals surface area contributed by atoms with Crippen molar-refractivity contribution >= 4 is 36.0 Å². The van der Waals surface area contributed by atoms with Gasteiger partial charge in [0.05, 0.1) is 30.6 Å². The van der Waals surface area contributed by atoms with Crippen LogP contribution in [0.25, 0.3) is 17.4 Å². The molecule has 0 radical (unpaired) electrons. The van der Waals surface area contributed by atoms with E-state index in [0.717, 1.165) is 53.9 Å². The number of nitro benzene ring substituents is 1. The molecule has 2 aromatic carbocycles. The minimum atomic E-state index is -2.46. The smallest absolute Gasteiger partial charge is 0.288 e. The highest BCUT2D eigenvalue weighted by Crippen LogP contribution is 2.35. The van der Waals surface area contributed by atoms with Crippen molar-refractivity contribution < 1.29 is 22.9 Å². The molecule has 0 spiro atoms. The number of allylic oxidation sites excluding steroid dienone is 2. The monoisotopic (exact) mass is 564 g/mol. The van der Waals surface area contributed by atoms with Crippen LogP contribution in [0.1, 0.15) is 24.2 Å². The lowest BCUT2D eigenvalue weighted by Gasteiger charge is -2.31. The van der Waals surface area contributed by atoms with E-state index in [1.807, 2.05) is 0 Å². The van der Waals surface area contributed by atoms with E-state index in [0.29, 0.717) is 41.4 Å². The number of morpholine rings is 1. The number of halogens is 2. The number of ether oxygens (including phenoxy) is 1. The summed E-state index contributed by atoms with van der Waals surface area (Å²) in [5.41, 5.74) is 5.06. The summed E-state index contributed by atoms with van der Waals surface area (Å²) in [6, 6.07) is 16.9. The molecule has 8 nitrogen and oxygen atoms in total. The molecular weight excluding hydrogens is 538 g/mol. The number of hydrogen-bond acceptors (Lipinski definition) is 8. The highest BCUT2D eigenvalue weighted by atomic mass is 32.2. The normalized spacial score (nSPS) is 17.3. The Hall–Kier alpha value is -4.09. The highest BCUT2D eigenvalue weighted by molar-refractivity contribution is 7.99. The highest BCUT2D eigenvalue weighted by Gasteiger charge is 2.25. The first kappa shape index (κ1) is 27.5. The second kappa shape index (κ2) is 12.8. The van der Waals surface area contributed by atoms with Crippen molar-refractivity contribution in [1.29, 1.82) is 0 Å². The van der Waals surface area contributed by atoms with Crippen molar-refractivity contribution in [3.8, 4) is 11.3 Å². The lowest BCUT2D eigenvalue weighted by Crippen LogP contribution is -2.36. The topological polar surface area (TPSA) is 93.5 Å². The fourth-order valence-corrected chi connectivity index (χ4v) is 5.14.